The third kappa shape index (κ3) is 5.37. The van der Waals surface area contributed by atoms with Crippen molar-refractivity contribution in [1.29, 1.82) is 0 Å². The van der Waals surface area contributed by atoms with E-state index in [4.69, 9.17) is 4.74 Å². The van der Waals surface area contributed by atoms with Crippen LogP contribution in [0.4, 0.5) is 5.82 Å². The van der Waals surface area contributed by atoms with Crippen LogP contribution in [0.25, 0.3) is 6.08 Å². The quantitative estimate of drug-likeness (QED) is 0.599. The molecule has 1 N–H and O–H groups in total. The third-order valence-corrected chi connectivity index (χ3v) is 4.75. The second kappa shape index (κ2) is 9.28. The number of hydrogen-bond donors (Lipinski definition) is 1. The summed E-state index contributed by atoms with van der Waals surface area (Å²) in [7, 11) is 0. The first kappa shape index (κ1) is 19.0. The van der Waals surface area contributed by atoms with Crippen molar-refractivity contribution in [1.82, 2.24) is 14.9 Å². The van der Waals surface area contributed by atoms with Crippen molar-refractivity contribution in [2.24, 2.45) is 0 Å². The average molecular weight is 366 g/mol. The molecule has 1 unspecified atom stereocenters. The fraction of sp³-hybridized carbons (Fsp3) is 0.381. The van der Waals surface area contributed by atoms with Gasteiger partial charge in [-0.2, -0.15) is 0 Å². The van der Waals surface area contributed by atoms with Gasteiger partial charge in [-0.1, -0.05) is 30.3 Å². The van der Waals surface area contributed by atoms with Crippen LogP contribution < -0.4 is 5.32 Å². The van der Waals surface area contributed by atoms with Gasteiger partial charge in [-0.3, -0.25) is 9.88 Å². The molecule has 1 aromatic heterocycles. The van der Waals surface area contributed by atoms with E-state index < -0.39 is 0 Å². The third-order valence-electron chi connectivity index (χ3n) is 4.75. The molecule has 1 fully saturated rings. The molecule has 0 spiro atoms. The Hall–Kier alpha value is -2.73. The number of benzene rings is 1. The first-order chi connectivity index (χ1) is 13.2. The van der Waals surface area contributed by atoms with Gasteiger partial charge in [-0.05, 0) is 31.9 Å². The summed E-state index contributed by atoms with van der Waals surface area (Å²) in [6.07, 6.45) is 7.39. The van der Waals surface area contributed by atoms with Crippen molar-refractivity contribution in [3.05, 3.63) is 60.1 Å². The van der Waals surface area contributed by atoms with Crippen molar-refractivity contribution in [3.63, 3.8) is 0 Å². The Balaban J connectivity index is 1.52. The van der Waals surface area contributed by atoms with Crippen molar-refractivity contribution in [2.45, 2.75) is 32.4 Å². The fourth-order valence-corrected chi connectivity index (χ4v) is 3.25. The maximum absolute atomic E-state index is 11.3. The highest BCUT2D eigenvalue weighted by Gasteiger charge is 2.26. The van der Waals surface area contributed by atoms with Gasteiger partial charge in [-0.25, -0.2) is 9.78 Å². The van der Waals surface area contributed by atoms with Gasteiger partial charge >= 0.3 is 5.97 Å². The van der Waals surface area contributed by atoms with Crippen molar-refractivity contribution in [2.75, 3.05) is 25.0 Å². The summed E-state index contributed by atoms with van der Waals surface area (Å²) in [6.45, 7) is 6.42. The van der Waals surface area contributed by atoms with E-state index in [1.54, 1.807) is 25.4 Å². The van der Waals surface area contributed by atoms with Crippen molar-refractivity contribution >= 4 is 17.9 Å². The molecule has 0 saturated carbocycles. The van der Waals surface area contributed by atoms with Crippen LogP contribution >= 0.6 is 0 Å². The van der Waals surface area contributed by atoms with E-state index in [-0.39, 0.29) is 5.97 Å². The van der Waals surface area contributed by atoms with Crippen molar-refractivity contribution < 1.29 is 9.53 Å². The first-order valence-electron chi connectivity index (χ1n) is 9.38. The molecular weight excluding hydrogens is 340 g/mol. The minimum absolute atomic E-state index is 0.353. The predicted molar refractivity (Wildman–Crippen MR) is 106 cm³/mol. The van der Waals surface area contributed by atoms with Crippen LogP contribution in [0.1, 0.15) is 37.6 Å². The zero-order chi connectivity index (χ0) is 19.1. The van der Waals surface area contributed by atoms with Crippen LogP contribution in [-0.2, 0) is 9.53 Å². The van der Waals surface area contributed by atoms with E-state index in [0.29, 0.717) is 24.4 Å². The largest absolute Gasteiger partial charge is 0.463 e. The molecule has 6 nitrogen and oxygen atoms in total. The lowest BCUT2D eigenvalue weighted by Crippen LogP contribution is -2.28. The molecule has 1 aliphatic heterocycles. The molecular formula is C21H26N4O2. The molecule has 142 valence electrons. The maximum atomic E-state index is 11.3. The fourth-order valence-electron chi connectivity index (χ4n) is 3.25. The van der Waals surface area contributed by atoms with E-state index in [2.05, 4.69) is 57.4 Å². The number of anilines is 1. The highest BCUT2D eigenvalue weighted by atomic mass is 16.5. The lowest BCUT2D eigenvalue weighted by atomic mass is 10.1. The number of rotatable bonds is 7. The number of esters is 1. The standard InChI is InChI=1S/C21H26N4O2/c1-3-27-21(26)10-9-18-13-23-20(14-22-18)24-19-11-12-25(15-19)16(2)17-7-5-4-6-8-17/h4-10,13-14,16,19H,3,11-12,15H2,1-2H3,(H,23,24)/b10-9+/t16?,19-/m1/s1. The second-order valence-corrected chi connectivity index (χ2v) is 6.62. The van der Waals surface area contributed by atoms with Gasteiger partial charge in [-0.15, -0.1) is 0 Å². The SMILES string of the molecule is CCOC(=O)/C=C/c1cnc(N[C@@H]2CCN(C(C)c3ccccc3)C2)cn1. The number of nitrogens with one attached hydrogen (secondary N) is 1. The highest BCUT2D eigenvalue weighted by molar-refractivity contribution is 5.86. The summed E-state index contributed by atoms with van der Waals surface area (Å²) < 4.78 is 4.85. The monoisotopic (exact) mass is 366 g/mol. The van der Waals surface area contributed by atoms with E-state index in [1.165, 1.54) is 11.6 Å². The Kier molecular flexibility index (Phi) is 6.54. The van der Waals surface area contributed by atoms with Gasteiger partial charge in [0.2, 0.25) is 0 Å². The molecule has 2 aromatic rings. The summed E-state index contributed by atoms with van der Waals surface area (Å²) in [5, 5.41) is 3.46. The Labute approximate surface area is 160 Å². The molecule has 2 heterocycles. The summed E-state index contributed by atoms with van der Waals surface area (Å²) in [5.41, 5.74) is 1.97. The van der Waals surface area contributed by atoms with Crippen LogP contribution in [0.2, 0.25) is 0 Å². The Bertz CT molecular complexity index is 762. The van der Waals surface area contributed by atoms with Gasteiger partial charge in [0, 0.05) is 31.2 Å². The molecule has 6 heteroatoms. The molecule has 2 atom stereocenters. The number of carbonyl (C=O) groups excluding carboxylic acids is 1. The molecule has 0 radical (unpaired) electrons. The zero-order valence-corrected chi connectivity index (χ0v) is 15.8. The Morgan fingerprint density at radius 2 is 2.15 bits per heavy atom. The van der Waals surface area contributed by atoms with Crippen LogP contribution in [0.3, 0.4) is 0 Å². The van der Waals surface area contributed by atoms with Crippen LogP contribution in [-0.4, -0.2) is 46.6 Å². The molecule has 0 amide bonds. The van der Waals surface area contributed by atoms with E-state index in [0.717, 1.165) is 25.3 Å². The first-order valence-corrected chi connectivity index (χ1v) is 9.38. The second-order valence-electron chi connectivity index (χ2n) is 6.62. The molecule has 1 aliphatic rings. The van der Waals surface area contributed by atoms with Gasteiger partial charge in [0.25, 0.3) is 0 Å². The molecule has 0 bridgehead atoms. The predicted octanol–water partition coefficient (Wildman–Crippen LogP) is 3.30. The summed E-state index contributed by atoms with van der Waals surface area (Å²) >= 11 is 0. The maximum Gasteiger partial charge on any atom is 0.330 e. The van der Waals surface area contributed by atoms with Crippen molar-refractivity contribution in [3.8, 4) is 0 Å². The van der Waals surface area contributed by atoms with Crippen LogP contribution in [0, 0.1) is 0 Å². The van der Waals surface area contributed by atoms with Gasteiger partial charge < -0.3 is 10.1 Å². The number of aromatic nitrogens is 2. The topological polar surface area (TPSA) is 67.3 Å². The minimum Gasteiger partial charge on any atom is -0.463 e. The van der Waals surface area contributed by atoms with Crippen LogP contribution in [0.15, 0.2) is 48.8 Å². The van der Waals surface area contributed by atoms with E-state index in [1.807, 2.05) is 0 Å². The normalized spacial score (nSPS) is 18.5. The highest BCUT2D eigenvalue weighted by Crippen LogP contribution is 2.25. The van der Waals surface area contributed by atoms with Gasteiger partial charge in [0.05, 0.1) is 24.7 Å². The molecule has 0 aliphatic carbocycles. The Morgan fingerprint density at radius 1 is 1.33 bits per heavy atom. The van der Waals surface area contributed by atoms with Gasteiger partial charge in [0.15, 0.2) is 0 Å². The summed E-state index contributed by atoms with van der Waals surface area (Å²) in [5.74, 6) is 0.377. The molecule has 3 rings (SSSR count). The smallest absolute Gasteiger partial charge is 0.330 e. The summed E-state index contributed by atoms with van der Waals surface area (Å²) in [4.78, 5) is 22.5. The zero-order valence-electron chi connectivity index (χ0n) is 15.8. The molecule has 27 heavy (non-hydrogen) atoms. The van der Waals surface area contributed by atoms with E-state index >= 15 is 0 Å². The lowest BCUT2D eigenvalue weighted by Gasteiger charge is -2.24. The molecule has 1 saturated heterocycles. The lowest BCUT2D eigenvalue weighted by molar-refractivity contribution is -0.137. The number of ether oxygens (including phenoxy) is 1. The average Bonchev–Trinajstić information content (AvgIpc) is 3.16. The minimum atomic E-state index is -0.375. The number of likely N-dealkylation sites (tertiary alicyclic amines) is 1. The van der Waals surface area contributed by atoms with Crippen LogP contribution in [0.5, 0.6) is 0 Å². The van der Waals surface area contributed by atoms with E-state index in [9.17, 15) is 4.79 Å². The van der Waals surface area contributed by atoms with Gasteiger partial charge in [0.1, 0.15) is 5.82 Å². The number of nitrogens with zero attached hydrogens (tertiary/aromatic N) is 3. The Morgan fingerprint density at radius 3 is 2.85 bits per heavy atom. The number of hydrogen-bond acceptors (Lipinski definition) is 6. The summed E-state index contributed by atoms with van der Waals surface area (Å²) in [6, 6.07) is 11.3. The molecule has 1 aromatic carbocycles. The number of carbonyl (C=O) groups is 1.